The highest BCUT2D eigenvalue weighted by atomic mass is 16.4. The van der Waals surface area contributed by atoms with E-state index < -0.39 is 43.4 Å². The van der Waals surface area contributed by atoms with Gasteiger partial charge in [0.25, 0.3) is 0 Å². The first-order valence-electron chi connectivity index (χ1n) is 4.42. The molecule has 0 saturated heterocycles. The highest BCUT2D eigenvalue weighted by molar-refractivity contribution is 5.83. The van der Waals surface area contributed by atoms with E-state index in [1.165, 1.54) is 0 Å². The largest absolute Gasteiger partial charge is 0.396 e. The standard InChI is InChI=1S/C8H16O7/c9-2-1-4(11)6(13)8(15)7(14)5(12)3-10/h5-10,12-15H,1-3H2/t5-,6-,7-,8-/m1/s1. The average molecular weight is 224 g/mol. The van der Waals surface area contributed by atoms with E-state index in [0.29, 0.717) is 0 Å². The molecule has 0 bridgehead atoms. The normalized spacial score (nSPS) is 19.3. The number of aliphatic hydroxyl groups is 6. The molecule has 0 heterocycles. The Kier molecular flexibility index (Phi) is 6.57. The van der Waals surface area contributed by atoms with Crippen LogP contribution in [0.3, 0.4) is 0 Å². The molecule has 0 fully saturated rings. The Morgan fingerprint density at radius 3 is 1.93 bits per heavy atom. The third-order valence-corrected chi connectivity index (χ3v) is 1.94. The van der Waals surface area contributed by atoms with Crippen LogP contribution in [-0.4, -0.2) is 74.1 Å². The molecule has 0 rings (SSSR count). The molecule has 0 aliphatic rings. The Bertz CT molecular complexity index is 195. The van der Waals surface area contributed by atoms with Gasteiger partial charge in [0.05, 0.1) is 13.2 Å². The summed E-state index contributed by atoms with van der Waals surface area (Å²) in [7, 11) is 0. The van der Waals surface area contributed by atoms with Gasteiger partial charge in [-0.15, -0.1) is 0 Å². The van der Waals surface area contributed by atoms with Gasteiger partial charge in [0.15, 0.2) is 5.78 Å². The third-order valence-electron chi connectivity index (χ3n) is 1.94. The fourth-order valence-electron chi connectivity index (χ4n) is 0.971. The molecule has 0 aliphatic carbocycles. The number of hydrogen-bond acceptors (Lipinski definition) is 7. The lowest BCUT2D eigenvalue weighted by atomic mass is 9.99. The lowest BCUT2D eigenvalue weighted by molar-refractivity contribution is -0.147. The van der Waals surface area contributed by atoms with Crippen molar-refractivity contribution < 1.29 is 35.4 Å². The number of carbonyl (C=O) groups is 1. The molecule has 0 unspecified atom stereocenters. The van der Waals surface area contributed by atoms with Crippen LogP contribution in [0.25, 0.3) is 0 Å². The quantitative estimate of drug-likeness (QED) is 0.262. The first-order valence-corrected chi connectivity index (χ1v) is 4.42. The van der Waals surface area contributed by atoms with Crippen molar-refractivity contribution in [1.82, 2.24) is 0 Å². The Balaban J connectivity index is 4.29. The van der Waals surface area contributed by atoms with Crippen molar-refractivity contribution in [2.45, 2.75) is 30.8 Å². The third kappa shape index (κ3) is 4.20. The SMILES string of the molecule is O=C(CCO)[C@@H](O)[C@@H](O)[C@H](O)[C@H](O)CO. The van der Waals surface area contributed by atoms with E-state index in [-0.39, 0.29) is 6.42 Å². The van der Waals surface area contributed by atoms with Crippen molar-refractivity contribution in [3.8, 4) is 0 Å². The smallest absolute Gasteiger partial charge is 0.166 e. The van der Waals surface area contributed by atoms with Crippen LogP contribution in [0.5, 0.6) is 0 Å². The maximum Gasteiger partial charge on any atom is 0.166 e. The first-order chi connectivity index (χ1) is 6.95. The van der Waals surface area contributed by atoms with Gasteiger partial charge in [-0.2, -0.15) is 0 Å². The minimum absolute atomic E-state index is 0.361. The van der Waals surface area contributed by atoms with Gasteiger partial charge in [0.2, 0.25) is 0 Å². The predicted molar refractivity (Wildman–Crippen MR) is 47.8 cm³/mol. The van der Waals surface area contributed by atoms with Crippen LogP contribution in [0.15, 0.2) is 0 Å². The van der Waals surface area contributed by atoms with E-state index in [9.17, 15) is 9.90 Å². The molecule has 7 nitrogen and oxygen atoms in total. The van der Waals surface area contributed by atoms with Crippen LogP contribution in [0.4, 0.5) is 0 Å². The van der Waals surface area contributed by atoms with Crippen molar-refractivity contribution >= 4 is 5.78 Å². The molecule has 4 atom stereocenters. The molecule has 15 heavy (non-hydrogen) atoms. The topological polar surface area (TPSA) is 138 Å². The van der Waals surface area contributed by atoms with Crippen LogP contribution >= 0.6 is 0 Å². The fraction of sp³-hybridized carbons (Fsp3) is 0.875. The highest BCUT2D eigenvalue weighted by Crippen LogP contribution is 2.07. The molecule has 6 N–H and O–H groups in total. The monoisotopic (exact) mass is 224 g/mol. The Morgan fingerprint density at radius 1 is 1.00 bits per heavy atom. The molecule has 0 saturated carbocycles. The van der Waals surface area contributed by atoms with Crippen molar-refractivity contribution in [2.24, 2.45) is 0 Å². The van der Waals surface area contributed by atoms with E-state index in [1.807, 2.05) is 0 Å². The Labute approximate surface area is 86.2 Å². The average Bonchev–Trinajstić information content (AvgIpc) is 2.25. The number of aliphatic hydroxyl groups excluding tert-OH is 6. The van der Waals surface area contributed by atoms with Gasteiger partial charge in [0.1, 0.15) is 24.4 Å². The van der Waals surface area contributed by atoms with Gasteiger partial charge in [-0.1, -0.05) is 0 Å². The summed E-state index contributed by atoms with van der Waals surface area (Å²) in [6.07, 6.45) is -7.62. The van der Waals surface area contributed by atoms with Crippen molar-refractivity contribution in [3.63, 3.8) is 0 Å². The molecule has 0 spiro atoms. The van der Waals surface area contributed by atoms with Gasteiger partial charge in [-0.25, -0.2) is 0 Å². The predicted octanol–water partition coefficient (Wildman–Crippen LogP) is -3.63. The summed E-state index contributed by atoms with van der Waals surface area (Å²) in [4.78, 5) is 11.0. The van der Waals surface area contributed by atoms with E-state index in [0.717, 1.165) is 0 Å². The molecule has 0 radical (unpaired) electrons. The highest BCUT2D eigenvalue weighted by Gasteiger charge is 2.33. The van der Waals surface area contributed by atoms with E-state index in [4.69, 9.17) is 25.5 Å². The summed E-state index contributed by atoms with van der Waals surface area (Å²) in [5.41, 5.74) is 0. The summed E-state index contributed by atoms with van der Waals surface area (Å²) in [6.45, 7) is -1.29. The molecule has 7 heteroatoms. The van der Waals surface area contributed by atoms with Crippen LogP contribution < -0.4 is 0 Å². The van der Waals surface area contributed by atoms with Crippen molar-refractivity contribution in [1.29, 1.82) is 0 Å². The van der Waals surface area contributed by atoms with Gasteiger partial charge >= 0.3 is 0 Å². The molecular weight excluding hydrogens is 208 g/mol. The number of Topliss-reactive ketones (excluding diaryl/α,β-unsaturated/α-hetero) is 1. The second-order valence-electron chi connectivity index (χ2n) is 3.12. The molecule has 0 aromatic heterocycles. The van der Waals surface area contributed by atoms with Crippen molar-refractivity contribution in [3.05, 3.63) is 0 Å². The van der Waals surface area contributed by atoms with Crippen LogP contribution in [-0.2, 0) is 4.79 Å². The lowest BCUT2D eigenvalue weighted by Crippen LogP contribution is -2.48. The second kappa shape index (κ2) is 6.83. The number of rotatable bonds is 7. The molecule has 90 valence electrons. The van der Waals surface area contributed by atoms with Gasteiger partial charge in [-0.3, -0.25) is 4.79 Å². The van der Waals surface area contributed by atoms with E-state index in [1.54, 1.807) is 0 Å². The number of hydrogen-bond donors (Lipinski definition) is 6. The lowest BCUT2D eigenvalue weighted by Gasteiger charge is -2.24. The zero-order valence-electron chi connectivity index (χ0n) is 8.02. The minimum Gasteiger partial charge on any atom is -0.396 e. The minimum atomic E-state index is -1.90. The maximum atomic E-state index is 11.0. The van der Waals surface area contributed by atoms with Gasteiger partial charge in [-0.05, 0) is 0 Å². The zero-order valence-corrected chi connectivity index (χ0v) is 8.02. The molecule has 0 aromatic rings. The Hall–Kier alpha value is -0.570. The number of carbonyl (C=O) groups excluding carboxylic acids is 1. The molecule has 0 aliphatic heterocycles. The summed E-state index contributed by atoms with van der Waals surface area (Å²) in [5.74, 6) is -0.853. The zero-order chi connectivity index (χ0) is 12.0. The fourth-order valence-corrected chi connectivity index (χ4v) is 0.971. The molecule has 0 amide bonds. The summed E-state index contributed by atoms with van der Waals surface area (Å²) in [6, 6.07) is 0. The van der Waals surface area contributed by atoms with Crippen LogP contribution in [0.1, 0.15) is 6.42 Å². The summed E-state index contributed by atoms with van der Waals surface area (Å²) in [5, 5.41) is 53.3. The van der Waals surface area contributed by atoms with Crippen molar-refractivity contribution in [2.75, 3.05) is 13.2 Å². The Morgan fingerprint density at radius 2 is 1.53 bits per heavy atom. The number of ketones is 1. The van der Waals surface area contributed by atoms with E-state index in [2.05, 4.69) is 0 Å². The first kappa shape index (κ1) is 14.4. The second-order valence-corrected chi connectivity index (χ2v) is 3.12. The van der Waals surface area contributed by atoms with Crippen LogP contribution in [0, 0.1) is 0 Å². The van der Waals surface area contributed by atoms with Gasteiger partial charge in [0, 0.05) is 6.42 Å². The summed E-state index contributed by atoms with van der Waals surface area (Å²) < 4.78 is 0. The molecule has 0 aromatic carbocycles. The molecular formula is C8H16O7. The van der Waals surface area contributed by atoms with E-state index >= 15 is 0 Å². The van der Waals surface area contributed by atoms with Gasteiger partial charge < -0.3 is 30.6 Å². The maximum absolute atomic E-state index is 11.0. The summed E-state index contributed by atoms with van der Waals surface area (Å²) >= 11 is 0. The van der Waals surface area contributed by atoms with Crippen LogP contribution in [0.2, 0.25) is 0 Å².